The molecule has 1 aliphatic heterocycles. The van der Waals surface area contributed by atoms with E-state index in [4.69, 9.17) is 5.11 Å². The second kappa shape index (κ2) is 7.25. The monoisotopic (exact) mass is 344 g/mol. The highest BCUT2D eigenvalue weighted by Crippen LogP contribution is 2.26. The molecule has 3 rings (SSSR count). The van der Waals surface area contributed by atoms with Crippen molar-refractivity contribution in [2.24, 2.45) is 0 Å². The summed E-state index contributed by atoms with van der Waals surface area (Å²) in [6, 6.07) is 4.30. The van der Waals surface area contributed by atoms with Gasteiger partial charge in [0.1, 0.15) is 6.04 Å². The molecule has 134 valence electrons. The van der Waals surface area contributed by atoms with Gasteiger partial charge in [0, 0.05) is 18.2 Å². The Morgan fingerprint density at radius 1 is 1.08 bits per heavy atom. The molecule has 1 aromatic carbocycles. The van der Waals surface area contributed by atoms with Crippen LogP contribution in [0.1, 0.15) is 64.8 Å². The van der Waals surface area contributed by atoms with Crippen molar-refractivity contribution in [1.29, 1.82) is 0 Å². The summed E-state index contributed by atoms with van der Waals surface area (Å²) in [6.07, 6.45) is 6.26. The minimum absolute atomic E-state index is 0.00800. The fraction of sp³-hybridized carbons (Fsp3) is 0.526. The Bertz CT molecular complexity index is 695. The first-order chi connectivity index (χ1) is 12.0. The van der Waals surface area contributed by atoms with E-state index in [-0.39, 0.29) is 17.0 Å². The number of carbonyl (C=O) groups excluding carboxylic acids is 2. The number of nitrogens with zero attached hydrogens (tertiary/aromatic N) is 1. The molecule has 25 heavy (non-hydrogen) atoms. The van der Waals surface area contributed by atoms with Gasteiger partial charge < -0.3 is 15.3 Å². The second-order valence-corrected chi connectivity index (χ2v) is 7.03. The molecule has 1 atom stereocenters. The lowest BCUT2D eigenvalue weighted by molar-refractivity contribution is -0.131. The van der Waals surface area contributed by atoms with Gasteiger partial charge in [0.25, 0.3) is 5.91 Å². The van der Waals surface area contributed by atoms with Crippen LogP contribution in [0.15, 0.2) is 18.2 Å². The van der Waals surface area contributed by atoms with Gasteiger partial charge in [0.05, 0.1) is 5.56 Å². The maximum absolute atomic E-state index is 12.6. The molecule has 0 radical (unpaired) electrons. The molecule has 2 fully saturated rings. The molecule has 6 nitrogen and oxygen atoms in total. The van der Waals surface area contributed by atoms with Crippen molar-refractivity contribution in [3.63, 3.8) is 0 Å². The van der Waals surface area contributed by atoms with E-state index in [9.17, 15) is 14.4 Å². The number of amides is 2. The summed E-state index contributed by atoms with van der Waals surface area (Å²) in [5, 5.41) is 11.9. The van der Waals surface area contributed by atoms with E-state index in [0.29, 0.717) is 24.6 Å². The van der Waals surface area contributed by atoms with Crippen LogP contribution < -0.4 is 5.32 Å². The molecule has 1 heterocycles. The lowest BCUT2D eigenvalue weighted by atomic mass is 9.94. The molecule has 0 bridgehead atoms. The molecule has 2 amide bonds. The molecule has 2 aliphatic rings. The number of hydrogen-bond acceptors (Lipinski definition) is 3. The van der Waals surface area contributed by atoms with Crippen molar-refractivity contribution in [3.8, 4) is 0 Å². The van der Waals surface area contributed by atoms with Crippen molar-refractivity contribution < 1.29 is 19.5 Å². The summed E-state index contributed by atoms with van der Waals surface area (Å²) in [5.41, 5.74) is 1.06. The molecular weight excluding hydrogens is 320 g/mol. The number of carbonyl (C=O) groups is 3. The minimum Gasteiger partial charge on any atom is -0.478 e. The maximum Gasteiger partial charge on any atom is 0.335 e. The Balaban J connectivity index is 1.67. The van der Waals surface area contributed by atoms with Crippen LogP contribution in [-0.4, -0.2) is 46.4 Å². The predicted molar refractivity (Wildman–Crippen MR) is 92.6 cm³/mol. The maximum atomic E-state index is 12.6. The zero-order chi connectivity index (χ0) is 18.0. The van der Waals surface area contributed by atoms with E-state index < -0.39 is 17.9 Å². The molecule has 1 aliphatic carbocycles. The summed E-state index contributed by atoms with van der Waals surface area (Å²) in [7, 11) is 0. The van der Waals surface area contributed by atoms with Gasteiger partial charge in [0.15, 0.2) is 0 Å². The number of nitrogens with one attached hydrogen (secondary N) is 1. The minimum atomic E-state index is -1.07. The van der Waals surface area contributed by atoms with Crippen molar-refractivity contribution in [1.82, 2.24) is 10.2 Å². The highest BCUT2D eigenvalue weighted by molar-refractivity contribution is 6.00. The smallest absolute Gasteiger partial charge is 0.335 e. The molecule has 0 aromatic heterocycles. The molecule has 1 saturated carbocycles. The average molecular weight is 344 g/mol. The fourth-order valence-corrected chi connectivity index (χ4v) is 3.87. The first-order valence-corrected chi connectivity index (χ1v) is 8.92. The normalized spacial score (nSPS) is 21.4. The van der Waals surface area contributed by atoms with Crippen molar-refractivity contribution in [2.45, 2.75) is 57.5 Å². The number of carboxylic acid groups (broad SMARTS) is 1. The average Bonchev–Trinajstić information content (AvgIpc) is 2.95. The first kappa shape index (κ1) is 17.5. The number of hydrogen-bond donors (Lipinski definition) is 2. The molecule has 1 aromatic rings. The van der Waals surface area contributed by atoms with E-state index >= 15 is 0 Å². The van der Waals surface area contributed by atoms with Crippen LogP contribution >= 0.6 is 0 Å². The molecule has 1 saturated heterocycles. The third kappa shape index (κ3) is 3.83. The number of rotatable bonds is 4. The standard InChI is InChI=1S/C19H24N2O4/c1-12-9-13(11-14(10-12)19(24)25)17(22)20-16-7-8-21(18(16)23)15-5-3-2-4-6-15/h9-11,15-16H,2-8H2,1H3,(H,20,22)(H,24,25). The Morgan fingerprint density at radius 3 is 2.44 bits per heavy atom. The third-order valence-corrected chi connectivity index (χ3v) is 5.15. The lowest BCUT2D eigenvalue weighted by Gasteiger charge is -2.31. The largest absolute Gasteiger partial charge is 0.478 e. The number of aryl methyl sites for hydroxylation is 1. The van der Waals surface area contributed by atoms with Crippen LogP contribution in [0.2, 0.25) is 0 Å². The van der Waals surface area contributed by atoms with Crippen LogP contribution in [0, 0.1) is 6.92 Å². The fourth-order valence-electron chi connectivity index (χ4n) is 3.87. The van der Waals surface area contributed by atoms with Gasteiger partial charge in [-0.05, 0) is 49.9 Å². The van der Waals surface area contributed by atoms with E-state index in [1.54, 1.807) is 13.0 Å². The molecule has 0 spiro atoms. The van der Waals surface area contributed by atoms with Gasteiger partial charge in [-0.1, -0.05) is 19.3 Å². The van der Waals surface area contributed by atoms with E-state index in [0.717, 1.165) is 25.7 Å². The van der Waals surface area contributed by atoms with Gasteiger partial charge in [-0.3, -0.25) is 9.59 Å². The first-order valence-electron chi connectivity index (χ1n) is 8.92. The van der Waals surface area contributed by atoms with E-state index in [1.165, 1.54) is 18.6 Å². The summed E-state index contributed by atoms with van der Waals surface area (Å²) >= 11 is 0. The highest BCUT2D eigenvalue weighted by atomic mass is 16.4. The molecule has 2 N–H and O–H groups in total. The highest BCUT2D eigenvalue weighted by Gasteiger charge is 2.37. The third-order valence-electron chi connectivity index (χ3n) is 5.15. The van der Waals surface area contributed by atoms with Crippen molar-refractivity contribution in [2.75, 3.05) is 6.54 Å². The van der Waals surface area contributed by atoms with E-state index in [2.05, 4.69) is 5.32 Å². The summed E-state index contributed by atoms with van der Waals surface area (Å²) in [4.78, 5) is 38.2. The molecular formula is C19H24N2O4. The molecule has 6 heteroatoms. The van der Waals surface area contributed by atoms with Gasteiger partial charge in [0.2, 0.25) is 5.91 Å². The summed E-state index contributed by atoms with van der Waals surface area (Å²) in [5.74, 6) is -1.47. The SMILES string of the molecule is Cc1cc(C(=O)O)cc(C(=O)NC2CCN(C3CCCCC3)C2=O)c1. The summed E-state index contributed by atoms with van der Waals surface area (Å²) < 4.78 is 0. The van der Waals surface area contributed by atoms with Gasteiger partial charge in [-0.2, -0.15) is 0 Å². The Morgan fingerprint density at radius 2 is 1.76 bits per heavy atom. The predicted octanol–water partition coefficient (Wildman–Crippen LogP) is 2.36. The van der Waals surface area contributed by atoms with Gasteiger partial charge >= 0.3 is 5.97 Å². The van der Waals surface area contributed by atoms with Crippen molar-refractivity contribution in [3.05, 3.63) is 34.9 Å². The number of likely N-dealkylation sites (tertiary alicyclic amines) is 1. The Hall–Kier alpha value is -2.37. The topological polar surface area (TPSA) is 86.7 Å². The van der Waals surface area contributed by atoms with Crippen LogP contribution in [0.4, 0.5) is 0 Å². The number of benzene rings is 1. The van der Waals surface area contributed by atoms with E-state index in [1.807, 2.05) is 4.90 Å². The van der Waals surface area contributed by atoms with Crippen LogP contribution in [0.25, 0.3) is 0 Å². The number of aromatic carboxylic acids is 1. The van der Waals surface area contributed by atoms with Crippen LogP contribution in [0.3, 0.4) is 0 Å². The second-order valence-electron chi connectivity index (χ2n) is 7.03. The lowest BCUT2D eigenvalue weighted by Crippen LogP contribution is -2.45. The zero-order valence-electron chi connectivity index (χ0n) is 14.5. The summed E-state index contributed by atoms with van der Waals surface area (Å²) in [6.45, 7) is 2.43. The zero-order valence-corrected chi connectivity index (χ0v) is 14.5. The Kier molecular flexibility index (Phi) is 5.06. The van der Waals surface area contributed by atoms with Gasteiger partial charge in [-0.15, -0.1) is 0 Å². The van der Waals surface area contributed by atoms with Crippen LogP contribution in [-0.2, 0) is 4.79 Å². The quantitative estimate of drug-likeness (QED) is 0.878. The van der Waals surface area contributed by atoms with Gasteiger partial charge in [-0.25, -0.2) is 4.79 Å². The molecule has 1 unspecified atom stereocenters. The Labute approximate surface area is 147 Å². The van der Waals surface area contributed by atoms with Crippen molar-refractivity contribution >= 4 is 17.8 Å². The van der Waals surface area contributed by atoms with Crippen LogP contribution in [0.5, 0.6) is 0 Å². The number of carboxylic acids is 1.